The molecule has 0 spiro atoms. The van der Waals surface area contributed by atoms with Gasteiger partial charge in [-0.2, -0.15) is 0 Å². The van der Waals surface area contributed by atoms with Gasteiger partial charge in [-0.25, -0.2) is 4.98 Å². The molecule has 0 bridgehead atoms. The lowest BCUT2D eigenvalue weighted by molar-refractivity contribution is -0.384. The van der Waals surface area contributed by atoms with Gasteiger partial charge in [-0.3, -0.25) is 15.1 Å². The molecule has 98 valence electrons. The average Bonchev–Trinajstić information content (AvgIpc) is 2.28. The minimum atomic E-state index is -0.517. The van der Waals surface area contributed by atoms with E-state index in [1.807, 2.05) is 0 Å². The Morgan fingerprint density at radius 2 is 2.39 bits per heavy atom. The summed E-state index contributed by atoms with van der Waals surface area (Å²) in [7, 11) is 0. The standard InChI is InChI=1S/C11H17N5O2/c1-8(2)5-7-14-11(12)15-10-9(16(17)18)4-3-6-13-10/h3-4,6,8H,5,7H2,1-2H3,(H3,12,13,14,15). The van der Waals surface area contributed by atoms with Crippen molar-refractivity contribution in [3.05, 3.63) is 28.4 Å². The van der Waals surface area contributed by atoms with Gasteiger partial charge < -0.3 is 11.1 Å². The summed E-state index contributed by atoms with van der Waals surface area (Å²) in [4.78, 5) is 18.2. The Bertz CT molecular complexity index is 445. The molecule has 0 saturated heterocycles. The van der Waals surface area contributed by atoms with Crippen LogP contribution in [0.2, 0.25) is 0 Å². The summed E-state index contributed by atoms with van der Waals surface area (Å²) >= 11 is 0. The van der Waals surface area contributed by atoms with Gasteiger partial charge in [0.25, 0.3) is 0 Å². The summed E-state index contributed by atoms with van der Waals surface area (Å²) in [6.45, 7) is 4.75. The molecule has 7 nitrogen and oxygen atoms in total. The highest BCUT2D eigenvalue weighted by molar-refractivity contribution is 5.93. The van der Waals surface area contributed by atoms with E-state index in [4.69, 9.17) is 5.73 Å². The molecule has 0 fully saturated rings. The highest BCUT2D eigenvalue weighted by atomic mass is 16.6. The van der Waals surface area contributed by atoms with Crippen molar-refractivity contribution in [3.63, 3.8) is 0 Å². The maximum absolute atomic E-state index is 10.8. The van der Waals surface area contributed by atoms with Crippen molar-refractivity contribution in [2.24, 2.45) is 16.6 Å². The van der Waals surface area contributed by atoms with Crippen LogP contribution < -0.4 is 11.1 Å². The predicted octanol–water partition coefficient (Wildman–Crippen LogP) is 1.76. The van der Waals surface area contributed by atoms with E-state index in [1.165, 1.54) is 18.3 Å². The third-order valence-corrected chi connectivity index (χ3v) is 2.22. The van der Waals surface area contributed by atoms with E-state index in [0.29, 0.717) is 12.5 Å². The molecule has 0 aliphatic rings. The van der Waals surface area contributed by atoms with E-state index < -0.39 is 4.92 Å². The van der Waals surface area contributed by atoms with Crippen molar-refractivity contribution in [3.8, 4) is 0 Å². The normalized spacial score (nSPS) is 11.6. The average molecular weight is 251 g/mol. The fourth-order valence-electron chi connectivity index (χ4n) is 1.24. The fourth-order valence-corrected chi connectivity index (χ4v) is 1.24. The van der Waals surface area contributed by atoms with Crippen LogP contribution in [0.3, 0.4) is 0 Å². The highest BCUT2D eigenvalue weighted by Crippen LogP contribution is 2.19. The second-order valence-electron chi connectivity index (χ2n) is 4.20. The van der Waals surface area contributed by atoms with Crippen LogP contribution in [0.1, 0.15) is 20.3 Å². The predicted molar refractivity (Wildman–Crippen MR) is 70.5 cm³/mol. The lowest BCUT2D eigenvalue weighted by Crippen LogP contribution is -2.24. The number of hydrogen-bond acceptors (Lipinski definition) is 4. The van der Waals surface area contributed by atoms with Gasteiger partial charge in [0.05, 0.1) is 4.92 Å². The number of anilines is 1. The maximum Gasteiger partial charge on any atom is 0.311 e. The van der Waals surface area contributed by atoms with Gasteiger partial charge in [0.2, 0.25) is 5.82 Å². The van der Waals surface area contributed by atoms with E-state index in [-0.39, 0.29) is 17.5 Å². The van der Waals surface area contributed by atoms with Crippen LogP contribution in [-0.4, -0.2) is 22.4 Å². The zero-order valence-corrected chi connectivity index (χ0v) is 10.5. The smallest absolute Gasteiger partial charge is 0.311 e. The number of nitrogens with two attached hydrogens (primary N) is 1. The number of pyridine rings is 1. The van der Waals surface area contributed by atoms with Crippen LogP contribution in [0, 0.1) is 16.0 Å². The van der Waals surface area contributed by atoms with Crippen LogP contribution in [0.4, 0.5) is 11.5 Å². The van der Waals surface area contributed by atoms with E-state index >= 15 is 0 Å². The van der Waals surface area contributed by atoms with Gasteiger partial charge in [0.1, 0.15) is 0 Å². The lowest BCUT2D eigenvalue weighted by Gasteiger charge is -2.05. The summed E-state index contributed by atoms with van der Waals surface area (Å²) in [6.07, 6.45) is 2.36. The molecule has 0 aromatic carbocycles. The van der Waals surface area contributed by atoms with Crippen molar-refractivity contribution < 1.29 is 4.92 Å². The van der Waals surface area contributed by atoms with E-state index in [1.54, 1.807) is 0 Å². The van der Waals surface area contributed by atoms with Gasteiger partial charge in [-0.05, 0) is 18.4 Å². The summed E-state index contributed by atoms with van der Waals surface area (Å²) in [6, 6.07) is 2.85. The molecule has 0 amide bonds. The Morgan fingerprint density at radius 3 is 3.00 bits per heavy atom. The molecule has 0 saturated carbocycles. The summed E-state index contributed by atoms with van der Waals surface area (Å²) < 4.78 is 0. The van der Waals surface area contributed by atoms with E-state index in [9.17, 15) is 10.1 Å². The Kier molecular flexibility index (Phi) is 5.04. The molecule has 18 heavy (non-hydrogen) atoms. The first-order valence-electron chi connectivity index (χ1n) is 5.67. The third-order valence-electron chi connectivity index (χ3n) is 2.22. The maximum atomic E-state index is 10.8. The summed E-state index contributed by atoms with van der Waals surface area (Å²) in [5, 5.41) is 13.4. The number of nitrogens with zero attached hydrogens (tertiary/aromatic N) is 3. The first-order chi connectivity index (χ1) is 8.50. The second-order valence-corrected chi connectivity index (χ2v) is 4.20. The molecule has 0 unspecified atom stereocenters. The second kappa shape index (κ2) is 6.53. The monoisotopic (exact) mass is 251 g/mol. The zero-order valence-electron chi connectivity index (χ0n) is 10.5. The molecule has 1 aromatic heterocycles. The molecule has 3 N–H and O–H groups in total. The summed E-state index contributed by atoms with van der Waals surface area (Å²) in [5.41, 5.74) is 5.51. The van der Waals surface area contributed by atoms with Crippen molar-refractivity contribution in [2.45, 2.75) is 20.3 Å². The van der Waals surface area contributed by atoms with Crippen LogP contribution >= 0.6 is 0 Å². The Hall–Kier alpha value is -2.18. The Morgan fingerprint density at radius 1 is 1.67 bits per heavy atom. The lowest BCUT2D eigenvalue weighted by atomic mass is 10.1. The number of nitro groups is 1. The summed E-state index contributed by atoms with van der Waals surface area (Å²) in [5.74, 6) is 0.775. The third kappa shape index (κ3) is 4.36. The van der Waals surface area contributed by atoms with E-state index in [2.05, 4.69) is 29.1 Å². The van der Waals surface area contributed by atoms with Gasteiger partial charge in [-0.1, -0.05) is 13.8 Å². The Labute approximate surface area is 105 Å². The van der Waals surface area contributed by atoms with Crippen molar-refractivity contribution in [2.75, 3.05) is 11.9 Å². The molecular formula is C11H17N5O2. The van der Waals surface area contributed by atoms with Crippen LogP contribution in [0.5, 0.6) is 0 Å². The minimum absolute atomic E-state index is 0.105. The van der Waals surface area contributed by atoms with E-state index in [0.717, 1.165) is 6.42 Å². The molecule has 0 aliphatic carbocycles. The molecule has 0 atom stereocenters. The SMILES string of the molecule is CC(C)CCN=C(N)Nc1ncccc1[N+](=O)[O-]. The number of hydrogen-bond donors (Lipinski definition) is 2. The van der Waals surface area contributed by atoms with Crippen molar-refractivity contribution in [1.29, 1.82) is 0 Å². The zero-order chi connectivity index (χ0) is 13.5. The molecule has 7 heteroatoms. The topological polar surface area (TPSA) is 106 Å². The largest absolute Gasteiger partial charge is 0.370 e. The number of nitrogens with one attached hydrogen (secondary N) is 1. The van der Waals surface area contributed by atoms with Gasteiger partial charge in [0.15, 0.2) is 5.96 Å². The van der Waals surface area contributed by atoms with Crippen molar-refractivity contribution in [1.82, 2.24) is 4.98 Å². The number of aromatic nitrogens is 1. The number of aliphatic imine (C=N–C) groups is 1. The first kappa shape index (κ1) is 13.9. The number of rotatable bonds is 5. The first-order valence-corrected chi connectivity index (χ1v) is 5.67. The van der Waals surface area contributed by atoms with Gasteiger partial charge in [-0.15, -0.1) is 0 Å². The van der Waals surface area contributed by atoms with Crippen LogP contribution in [0.15, 0.2) is 23.3 Å². The van der Waals surface area contributed by atoms with Gasteiger partial charge >= 0.3 is 5.69 Å². The minimum Gasteiger partial charge on any atom is -0.370 e. The van der Waals surface area contributed by atoms with Crippen LogP contribution in [-0.2, 0) is 0 Å². The quantitative estimate of drug-likeness (QED) is 0.359. The van der Waals surface area contributed by atoms with Crippen molar-refractivity contribution >= 4 is 17.5 Å². The fraction of sp³-hybridized carbons (Fsp3) is 0.455. The molecule has 1 heterocycles. The molecule has 0 radical (unpaired) electrons. The van der Waals surface area contributed by atoms with Gasteiger partial charge in [0, 0.05) is 18.8 Å². The molecule has 1 aromatic rings. The van der Waals surface area contributed by atoms with Crippen LogP contribution in [0.25, 0.3) is 0 Å². The molecular weight excluding hydrogens is 234 g/mol. The number of guanidine groups is 1. The molecule has 0 aliphatic heterocycles. The highest BCUT2D eigenvalue weighted by Gasteiger charge is 2.14. The molecule has 1 rings (SSSR count). The Balaban J connectivity index is 2.69.